The summed E-state index contributed by atoms with van der Waals surface area (Å²) in [5, 5.41) is 0. The topological polar surface area (TPSA) is 38.5 Å². The molecule has 0 aromatic rings. The molecule has 1 saturated heterocycles. The van der Waals surface area contributed by atoms with E-state index in [4.69, 9.17) is 10.5 Å². The van der Waals surface area contributed by atoms with Gasteiger partial charge in [-0.25, -0.2) is 0 Å². The van der Waals surface area contributed by atoms with Gasteiger partial charge in [0.1, 0.15) is 0 Å². The third-order valence-corrected chi connectivity index (χ3v) is 4.34. The Bertz CT molecular complexity index is 198. The van der Waals surface area contributed by atoms with Crippen molar-refractivity contribution in [2.24, 2.45) is 17.6 Å². The van der Waals surface area contributed by atoms with E-state index in [1.165, 1.54) is 38.6 Å². The van der Waals surface area contributed by atoms with Crippen LogP contribution in [0.4, 0.5) is 0 Å². The lowest BCUT2D eigenvalue weighted by molar-refractivity contribution is 0.129. The molecule has 2 N–H and O–H groups in total. The SMILES string of the molecule is CN(CC1CCCC1)C(CN)C1CCOC1. The van der Waals surface area contributed by atoms with Crippen LogP contribution in [0.5, 0.6) is 0 Å². The van der Waals surface area contributed by atoms with Crippen molar-refractivity contribution in [3.8, 4) is 0 Å². The van der Waals surface area contributed by atoms with Crippen LogP contribution in [0.25, 0.3) is 0 Å². The molecule has 3 nitrogen and oxygen atoms in total. The Balaban J connectivity index is 1.81. The van der Waals surface area contributed by atoms with Crippen molar-refractivity contribution in [3.63, 3.8) is 0 Å². The van der Waals surface area contributed by atoms with Gasteiger partial charge in [-0.15, -0.1) is 0 Å². The lowest BCUT2D eigenvalue weighted by Gasteiger charge is -2.32. The Morgan fingerprint density at radius 3 is 2.62 bits per heavy atom. The molecule has 2 unspecified atom stereocenters. The minimum absolute atomic E-state index is 0.531. The van der Waals surface area contributed by atoms with E-state index >= 15 is 0 Å². The summed E-state index contributed by atoms with van der Waals surface area (Å²) >= 11 is 0. The van der Waals surface area contributed by atoms with Crippen LogP contribution in [0.1, 0.15) is 32.1 Å². The first-order valence-electron chi connectivity index (χ1n) is 6.79. The molecule has 1 aliphatic heterocycles. The van der Waals surface area contributed by atoms with Gasteiger partial charge in [0.15, 0.2) is 0 Å². The van der Waals surface area contributed by atoms with E-state index in [2.05, 4.69) is 11.9 Å². The molecule has 16 heavy (non-hydrogen) atoms. The Hall–Kier alpha value is -0.120. The number of hydrogen-bond donors (Lipinski definition) is 1. The highest BCUT2D eigenvalue weighted by Crippen LogP contribution is 2.27. The molecule has 2 aliphatic rings. The predicted molar refractivity (Wildman–Crippen MR) is 66.4 cm³/mol. The number of nitrogens with zero attached hydrogens (tertiary/aromatic N) is 1. The van der Waals surface area contributed by atoms with Crippen LogP contribution in [-0.2, 0) is 4.74 Å². The maximum Gasteiger partial charge on any atom is 0.0510 e. The zero-order valence-electron chi connectivity index (χ0n) is 10.5. The second-order valence-electron chi connectivity index (χ2n) is 5.52. The fraction of sp³-hybridized carbons (Fsp3) is 1.00. The molecule has 1 saturated carbocycles. The lowest BCUT2D eigenvalue weighted by atomic mass is 9.96. The molecule has 3 heteroatoms. The molecule has 0 amide bonds. The summed E-state index contributed by atoms with van der Waals surface area (Å²) in [5.74, 6) is 1.58. The summed E-state index contributed by atoms with van der Waals surface area (Å²) in [6, 6.07) is 0.531. The van der Waals surface area contributed by atoms with Crippen LogP contribution < -0.4 is 5.73 Å². The summed E-state index contributed by atoms with van der Waals surface area (Å²) in [4.78, 5) is 2.50. The first-order valence-corrected chi connectivity index (χ1v) is 6.79. The maximum atomic E-state index is 5.93. The molecular formula is C13H26N2O. The van der Waals surface area contributed by atoms with E-state index in [-0.39, 0.29) is 0 Å². The summed E-state index contributed by atoms with van der Waals surface area (Å²) in [6.07, 6.45) is 6.89. The summed E-state index contributed by atoms with van der Waals surface area (Å²) < 4.78 is 5.48. The van der Waals surface area contributed by atoms with Gasteiger partial charge < -0.3 is 15.4 Å². The number of rotatable bonds is 5. The molecular weight excluding hydrogens is 200 g/mol. The van der Waals surface area contributed by atoms with Crippen LogP contribution >= 0.6 is 0 Å². The molecule has 0 aromatic carbocycles. The van der Waals surface area contributed by atoms with Gasteiger partial charge in [-0.05, 0) is 32.2 Å². The van der Waals surface area contributed by atoms with Gasteiger partial charge in [0, 0.05) is 31.7 Å². The Morgan fingerprint density at radius 1 is 1.31 bits per heavy atom. The quantitative estimate of drug-likeness (QED) is 0.771. The highest BCUT2D eigenvalue weighted by Gasteiger charge is 2.29. The molecule has 0 spiro atoms. The van der Waals surface area contributed by atoms with Crippen molar-refractivity contribution < 1.29 is 4.74 Å². The second kappa shape index (κ2) is 5.99. The monoisotopic (exact) mass is 226 g/mol. The minimum atomic E-state index is 0.531. The average molecular weight is 226 g/mol. The summed E-state index contributed by atoms with van der Waals surface area (Å²) in [5.41, 5.74) is 5.93. The smallest absolute Gasteiger partial charge is 0.0510 e. The maximum absolute atomic E-state index is 5.93. The van der Waals surface area contributed by atoms with Crippen molar-refractivity contribution in [1.82, 2.24) is 4.90 Å². The van der Waals surface area contributed by atoms with Crippen LogP contribution in [-0.4, -0.2) is 44.3 Å². The fourth-order valence-electron chi connectivity index (χ4n) is 3.32. The highest BCUT2D eigenvalue weighted by molar-refractivity contribution is 4.83. The molecule has 2 atom stereocenters. The lowest BCUT2D eigenvalue weighted by Crippen LogP contribution is -2.45. The second-order valence-corrected chi connectivity index (χ2v) is 5.52. The largest absolute Gasteiger partial charge is 0.381 e. The van der Waals surface area contributed by atoms with Gasteiger partial charge in [0.2, 0.25) is 0 Å². The molecule has 1 heterocycles. The zero-order valence-corrected chi connectivity index (χ0v) is 10.5. The average Bonchev–Trinajstić information content (AvgIpc) is 2.91. The first kappa shape index (κ1) is 12.3. The van der Waals surface area contributed by atoms with Crippen LogP contribution in [0, 0.1) is 11.8 Å². The molecule has 2 rings (SSSR count). The van der Waals surface area contributed by atoms with Gasteiger partial charge in [0.05, 0.1) is 6.61 Å². The van der Waals surface area contributed by atoms with Gasteiger partial charge in [-0.1, -0.05) is 12.8 Å². The first-order chi connectivity index (χ1) is 7.81. The molecule has 1 aliphatic carbocycles. The standard InChI is InChI=1S/C13H26N2O/c1-15(9-11-4-2-3-5-11)13(8-14)12-6-7-16-10-12/h11-13H,2-10,14H2,1H3. The Labute approximate surface area is 99.3 Å². The summed E-state index contributed by atoms with van der Waals surface area (Å²) in [6.45, 7) is 3.85. The molecule has 0 aromatic heterocycles. The van der Waals surface area contributed by atoms with E-state index in [0.717, 1.165) is 25.7 Å². The molecule has 0 bridgehead atoms. The van der Waals surface area contributed by atoms with E-state index < -0.39 is 0 Å². The number of ether oxygens (including phenoxy) is 1. The number of likely N-dealkylation sites (N-methyl/N-ethyl adjacent to an activating group) is 1. The van der Waals surface area contributed by atoms with E-state index in [9.17, 15) is 0 Å². The zero-order chi connectivity index (χ0) is 11.4. The summed E-state index contributed by atoms with van der Waals surface area (Å²) in [7, 11) is 2.24. The normalized spacial score (nSPS) is 29.1. The van der Waals surface area contributed by atoms with Crippen molar-refractivity contribution in [3.05, 3.63) is 0 Å². The predicted octanol–water partition coefficient (Wildman–Crippen LogP) is 1.47. The molecule has 0 radical (unpaired) electrons. The number of nitrogens with two attached hydrogens (primary N) is 1. The molecule has 94 valence electrons. The van der Waals surface area contributed by atoms with Crippen molar-refractivity contribution in [2.45, 2.75) is 38.1 Å². The third kappa shape index (κ3) is 2.96. The van der Waals surface area contributed by atoms with Crippen molar-refractivity contribution in [2.75, 3.05) is 33.4 Å². The van der Waals surface area contributed by atoms with Crippen LogP contribution in [0.15, 0.2) is 0 Å². The molecule has 2 fully saturated rings. The van der Waals surface area contributed by atoms with Crippen molar-refractivity contribution >= 4 is 0 Å². The Kier molecular flexibility index (Phi) is 4.62. The van der Waals surface area contributed by atoms with E-state index in [1.54, 1.807) is 0 Å². The van der Waals surface area contributed by atoms with Gasteiger partial charge in [-0.2, -0.15) is 0 Å². The Morgan fingerprint density at radius 2 is 2.06 bits per heavy atom. The van der Waals surface area contributed by atoms with E-state index in [0.29, 0.717) is 12.0 Å². The third-order valence-electron chi connectivity index (χ3n) is 4.34. The minimum Gasteiger partial charge on any atom is -0.381 e. The highest BCUT2D eigenvalue weighted by atomic mass is 16.5. The van der Waals surface area contributed by atoms with Crippen LogP contribution in [0.2, 0.25) is 0 Å². The van der Waals surface area contributed by atoms with Gasteiger partial charge in [-0.3, -0.25) is 0 Å². The van der Waals surface area contributed by atoms with E-state index in [1.807, 2.05) is 0 Å². The fourth-order valence-corrected chi connectivity index (χ4v) is 3.32. The van der Waals surface area contributed by atoms with Gasteiger partial charge >= 0.3 is 0 Å². The van der Waals surface area contributed by atoms with Crippen molar-refractivity contribution in [1.29, 1.82) is 0 Å². The van der Waals surface area contributed by atoms with Crippen LogP contribution in [0.3, 0.4) is 0 Å². The number of hydrogen-bond acceptors (Lipinski definition) is 3. The van der Waals surface area contributed by atoms with Gasteiger partial charge in [0.25, 0.3) is 0 Å².